The standard InChI is InChI=1S/C16H27NO/c1-7-8-17-16(11(2)3)15-13(5)9-12(4)10-14(15)18-6/h9-11,16-17H,7-8H2,1-6H3. The quantitative estimate of drug-likeness (QED) is 0.822. The minimum Gasteiger partial charge on any atom is -0.496 e. The Labute approximate surface area is 112 Å². The van der Waals surface area contributed by atoms with E-state index in [1.54, 1.807) is 7.11 Å². The highest BCUT2D eigenvalue weighted by Crippen LogP contribution is 2.33. The Hall–Kier alpha value is -1.02. The molecule has 1 aromatic carbocycles. The van der Waals surface area contributed by atoms with Crippen molar-refractivity contribution in [2.75, 3.05) is 13.7 Å². The molecule has 0 amide bonds. The molecule has 2 heteroatoms. The highest BCUT2D eigenvalue weighted by molar-refractivity contribution is 5.45. The minimum atomic E-state index is 0.362. The average Bonchev–Trinajstić information content (AvgIpc) is 2.30. The van der Waals surface area contributed by atoms with Crippen LogP contribution in [0.1, 0.15) is 49.9 Å². The van der Waals surface area contributed by atoms with E-state index in [0.29, 0.717) is 12.0 Å². The fraction of sp³-hybridized carbons (Fsp3) is 0.625. The van der Waals surface area contributed by atoms with Gasteiger partial charge in [-0.15, -0.1) is 0 Å². The number of rotatable bonds is 6. The molecule has 0 saturated heterocycles. The first-order chi connectivity index (χ1) is 8.51. The highest BCUT2D eigenvalue weighted by Gasteiger charge is 2.21. The molecule has 102 valence electrons. The fourth-order valence-electron chi connectivity index (χ4n) is 2.48. The molecule has 18 heavy (non-hydrogen) atoms. The summed E-state index contributed by atoms with van der Waals surface area (Å²) in [6.07, 6.45) is 1.15. The smallest absolute Gasteiger partial charge is 0.124 e. The summed E-state index contributed by atoms with van der Waals surface area (Å²) in [6, 6.07) is 4.73. The van der Waals surface area contributed by atoms with Gasteiger partial charge in [-0.3, -0.25) is 0 Å². The zero-order chi connectivity index (χ0) is 13.7. The molecule has 0 radical (unpaired) electrons. The molecule has 2 nitrogen and oxygen atoms in total. The van der Waals surface area contributed by atoms with Gasteiger partial charge < -0.3 is 10.1 Å². The summed E-state index contributed by atoms with van der Waals surface area (Å²) in [6.45, 7) is 12.0. The van der Waals surface area contributed by atoms with E-state index in [2.05, 4.69) is 52.1 Å². The van der Waals surface area contributed by atoms with Crippen molar-refractivity contribution in [3.8, 4) is 5.75 Å². The summed E-state index contributed by atoms with van der Waals surface area (Å²) in [4.78, 5) is 0. The van der Waals surface area contributed by atoms with Crippen molar-refractivity contribution in [2.45, 2.75) is 47.1 Å². The number of nitrogens with one attached hydrogen (secondary N) is 1. The van der Waals surface area contributed by atoms with Gasteiger partial charge in [-0.25, -0.2) is 0 Å². The van der Waals surface area contributed by atoms with E-state index in [1.165, 1.54) is 16.7 Å². The van der Waals surface area contributed by atoms with Crippen LogP contribution in [0.5, 0.6) is 5.75 Å². The van der Waals surface area contributed by atoms with E-state index < -0.39 is 0 Å². The summed E-state index contributed by atoms with van der Waals surface area (Å²) in [5.41, 5.74) is 3.88. The van der Waals surface area contributed by atoms with Crippen molar-refractivity contribution < 1.29 is 4.74 Å². The Morgan fingerprint density at radius 3 is 2.39 bits per heavy atom. The number of ether oxygens (including phenoxy) is 1. The van der Waals surface area contributed by atoms with Gasteiger partial charge in [0.05, 0.1) is 7.11 Å². The van der Waals surface area contributed by atoms with Crippen LogP contribution in [0.4, 0.5) is 0 Å². The van der Waals surface area contributed by atoms with Gasteiger partial charge in [0.25, 0.3) is 0 Å². The molecule has 0 heterocycles. The molecule has 0 bridgehead atoms. The van der Waals surface area contributed by atoms with E-state index in [9.17, 15) is 0 Å². The molecule has 0 spiro atoms. The van der Waals surface area contributed by atoms with Crippen molar-refractivity contribution in [3.05, 3.63) is 28.8 Å². The van der Waals surface area contributed by atoms with Crippen LogP contribution in [0.25, 0.3) is 0 Å². The Balaban J connectivity index is 3.17. The van der Waals surface area contributed by atoms with Gasteiger partial charge in [-0.1, -0.05) is 26.8 Å². The van der Waals surface area contributed by atoms with Gasteiger partial charge >= 0.3 is 0 Å². The molecular formula is C16H27NO. The lowest BCUT2D eigenvalue weighted by atomic mass is 9.90. The van der Waals surface area contributed by atoms with E-state index in [1.807, 2.05) is 0 Å². The molecule has 1 rings (SSSR count). The largest absolute Gasteiger partial charge is 0.496 e. The number of aryl methyl sites for hydroxylation is 2. The Morgan fingerprint density at radius 1 is 1.22 bits per heavy atom. The zero-order valence-corrected chi connectivity index (χ0v) is 12.6. The molecule has 1 N–H and O–H groups in total. The SMILES string of the molecule is CCCNC(c1c(C)cc(C)cc1OC)C(C)C. The van der Waals surface area contributed by atoms with Crippen LogP contribution in [0, 0.1) is 19.8 Å². The monoisotopic (exact) mass is 249 g/mol. The van der Waals surface area contributed by atoms with Crippen LogP contribution in [0.2, 0.25) is 0 Å². The van der Waals surface area contributed by atoms with E-state index >= 15 is 0 Å². The third kappa shape index (κ3) is 3.49. The van der Waals surface area contributed by atoms with E-state index in [0.717, 1.165) is 18.7 Å². The molecule has 0 saturated carbocycles. The van der Waals surface area contributed by atoms with Crippen molar-refractivity contribution in [3.63, 3.8) is 0 Å². The molecule has 0 aliphatic rings. The van der Waals surface area contributed by atoms with Crippen molar-refractivity contribution in [2.24, 2.45) is 5.92 Å². The molecule has 0 aromatic heterocycles. The normalized spacial score (nSPS) is 12.8. The summed E-state index contributed by atoms with van der Waals surface area (Å²) in [7, 11) is 1.76. The van der Waals surface area contributed by atoms with E-state index in [4.69, 9.17) is 4.74 Å². The second kappa shape index (κ2) is 6.79. The summed E-state index contributed by atoms with van der Waals surface area (Å²) < 4.78 is 5.58. The first kappa shape index (κ1) is 15.0. The maximum absolute atomic E-state index is 5.58. The zero-order valence-electron chi connectivity index (χ0n) is 12.6. The van der Waals surface area contributed by atoms with Crippen LogP contribution in [0.3, 0.4) is 0 Å². The van der Waals surface area contributed by atoms with Crippen molar-refractivity contribution in [1.82, 2.24) is 5.32 Å². The number of benzene rings is 1. The van der Waals surface area contributed by atoms with Crippen LogP contribution in [-0.4, -0.2) is 13.7 Å². The number of methoxy groups -OCH3 is 1. The van der Waals surface area contributed by atoms with Crippen molar-refractivity contribution >= 4 is 0 Å². The number of hydrogen-bond donors (Lipinski definition) is 1. The maximum Gasteiger partial charge on any atom is 0.124 e. The lowest BCUT2D eigenvalue weighted by Gasteiger charge is -2.26. The van der Waals surface area contributed by atoms with Crippen molar-refractivity contribution in [1.29, 1.82) is 0 Å². The lowest BCUT2D eigenvalue weighted by Crippen LogP contribution is -2.27. The van der Waals surface area contributed by atoms with Crippen LogP contribution in [-0.2, 0) is 0 Å². The predicted molar refractivity (Wildman–Crippen MR) is 78.3 cm³/mol. The third-order valence-corrected chi connectivity index (χ3v) is 3.31. The Morgan fingerprint density at radius 2 is 1.89 bits per heavy atom. The molecular weight excluding hydrogens is 222 g/mol. The Kier molecular flexibility index (Phi) is 5.67. The Bertz CT molecular complexity index is 385. The van der Waals surface area contributed by atoms with E-state index in [-0.39, 0.29) is 0 Å². The van der Waals surface area contributed by atoms with Gasteiger partial charge in [0.15, 0.2) is 0 Å². The topological polar surface area (TPSA) is 21.3 Å². The summed E-state index contributed by atoms with van der Waals surface area (Å²) >= 11 is 0. The predicted octanol–water partition coefficient (Wildman–Crippen LogP) is 4.01. The summed E-state index contributed by atoms with van der Waals surface area (Å²) in [5.74, 6) is 1.56. The molecule has 1 atom stereocenters. The van der Waals surface area contributed by atoms with Crippen LogP contribution < -0.4 is 10.1 Å². The molecule has 0 fully saturated rings. The van der Waals surface area contributed by atoms with Gasteiger partial charge in [-0.2, -0.15) is 0 Å². The molecule has 1 unspecified atom stereocenters. The lowest BCUT2D eigenvalue weighted by molar-refractivity contribution is 0.369. The third-order valence-electron chi connectivity index (χ3n) is 3.31. The summed E-state index contributed by atoms with van der Waals surface area (Å²) in [5, 5.41) is 3.64. The average molecular weight is 249 g/mol. The first-order valence-corrected chi connectivity index (χ1v) is 6.89. The second-order valence-corrected chi connectivity index (χ2v) is 5.37. The van der Waals surface area contributed by atoms with Gasteiger partial charge in [0.1, 0.15) is 5.75 Å². The maximum atomic E-state index is 5.58. The first-order valence-electron chi connectivity index (χ1n) is 6.89. The fourth-order valence-corrected chi connectivity index (χ4v) is 2.48. The van der Waals surface area contributed by atoms with Gasteiger partial charge in [0.2, 0.25) is 0 Å². The van der Waals surface area contributed by atoms with Gasteiger partial charge in [0, 0.05) is 11.6 Å². The molecule has 0 aliphatic heterocycles. The van der Waals surface area contributed by atoms with Crippen LogP contribution in [0.15, 0.2) is 12.1 Å². The van der Waals surface area contributed by atoms with Crippen LogP contribution >= 0.6 is 0 Å². The highest BCUT2D eigenvalue weighted by atomic mass is 16.5. The van der Waals surface area contributed by atoms with Gasteiger partial charge in [-0.05, 0) is 49.9 Å². The molecule has 1 aromatic rings. The number of hydrogen-bond acceptors (Lipinski definition) is 2. The molecule has 0 aliphatic carbocycles. The second-order valence-electron chi connectivity index (χ2n) is 5.37. The minimum absolute atomic E-state index is 0.362.